The van der Waals surface area contributed by atoms with Gasteiger partial charge in [0.2, 0.25) is 0 Å². The fourth-order valence-electron chi connectivity index (χ4n) is 4.52. The van der Waals surface area contributed by atoms with Crippen LogP contribution in [-0.4, -0.2) is 22.9 Å². The molecule has 8 heteroatoms. The predicted octanol–water partition coefficient (Wildman–Crippen LogP) is 5.36. The third-order valence-corrected chi connectivity index (χ3v) is 5.97. The molecule has 154 valence electrons. The third-order valence-electron chi connectivity index (χ3n) is 5.67. The number of halogens is 4. The molecule has 3 aliphatic carbocycles. The van der Waals surface area contributed by atoms with E-state index >= 15 is 0 Å². The van der Waals surface area contributed by atoms with Gasteiger partial charge in [-0.05, 0) is 48.9 Å². The Morgan fingerprint density at radius 3 is 2.59 bits per heavy atom. The molecule has 0 unspecified atom stereocenters. The number of nitrogens with one attached hydrogen (secondary N) is 1. The van der Waals surface area contributed by atoms with Crippen LogP contribution in [0.3, 0.4) is 0 Å². The summed E-state index contributed by atoms with van der Waals surface area (Å²) in [6.45, 7) is 0.726. The zero-order valence-corrected chi connectivity index (χ0v) is 16.5. The first-order chi connectivity index (χ1) is 13.6. The van der Waals surface area contributed by atoms with E-state index in [4.69, 9.17) is 16.3 Å². The fourth-order valence-corrected chi connectivity index (χ4v) is 4.63. The summed E-state index contributed by atoms with van der Waals surface area (Å²) < 4.78 is 45.3. The van der Waals surface area contributed by atoms with Crippen LogP contribution in [0.4, 0.5) is 19.0 Å². The van der Waals surface area contributed by atoms with Gasteiger partial charge in [0.1, 0.15) is 24.0 Å². The SMILES string of the molecule is CC(F)(F)c1ccc(NC23CC(CC(=O)COc4ccc(Cl)c(F)c4)(C2)C3)nc1. The second-order valence-corrected chi connectivity index (χ2v) is 8.74. The number of carbonyl (C=O) groups is 1. The average molecular weight is 425 g/mol. The molecule has 0 spiro atoms. The van der Waals surface area contributed by atoms with E-state index in [1.54, 1.807) is 6.07 Å². The van der Waals surface area contributed by atoms with E-state index in [9.17, 15) is 18.0 Å². The molecule has 0 radical (unpaired) electrons. The lowest BCUT2D eigenvalue weighted by atomic mass is 9.38. The molecule has 4 nitrogen and oxygen atoms in total. The second kappa shape index (κ2) is 6.90. The van der Waals surface area contributed by atoms with Gasteiger partial charge in [-0.1, -0.05) is 11.6 Å². The van der Waals surface area contributed by atoms with Gasteiger partial charge in [0.15, 0.2) is 5.78 Å². The number of Topliss-reactive ketones (excluding diaryl/α,β-unsaturated/α-hetero) is 1. The zero-order chi connectivity index (χ0) is 20.9. The molecule has 0 atom stereocenters. The van der Waals surface area contributed by atoms with E-state index in [1.165, 1.54) is 24.4 Å². The quantitative estimate of drug-likeness (QED) is 0.620. The lowest BCUT2D eigenvalue weighted by Crippen LogP contribution is -2.71. The van der Waals surface area contributed by atoms with Crippen LogP contribution in [0, 0.1) is 11.2 Å². The predicted molar refractivity (Wildman–Crippen MR) is 103 cm³/mol. The number of alkyl halides is 2. The minimum atomic E-state index is -2.91. The summed E-state index contributed by atoms with van der Waals surface area (Å²) in [5, 5.41) is 3.32. The van der Waals surface area contributed by atoms with Crippen LogP contribution < -0.4 is 10.1 Å². The maximum Gasteiger partial charge on any atom is 0.272 e. The van der Waals surface area contributed by atoms with E-state index < -0.39 is 11.7 Å². The Labute approximate surface area is 171 Å². The number of nitrogens with zero attached hydrogens (tertiary/aromatic N) is 1. The highest BCUT2D eigenvalue weighted by atomic mass is 35.5. The van der Waals surface area contributed by atoms with Crippen molar-refractivity contribution in [1.82, 2.24) is 4.98 Å². The number of benzene rings is 1. The Balaban J connectivity index is 1.24. The van der Waals surface area contributed by atoms with Gasteiger partial charge < -0.3 is 10.1 Å². The molecule has 3 fully saturated rings. The summed E-state index contributed by atoms with van der Waals surface area (Å²) in [6.07, 6.45) is 4.07. The molecule has 1 heterocycles. The highest BCUT2D eigenvalue weighted by Gasteiger charge is 2.68. The number of anilines is 1. The molecule has 0 amide bonds. The van der Waals surface area contributed by atoms with Gasteiger partial charge in [-0.15, -0.1) is 0 Å². The van der Waals surface area contributed by atoms with Crippen LogP contribution in [-0.2, 0) is 10.7 Å². The minimum Gasteiger partial charge on any atom is -0.486 e. The Bertz CT molecular complexity index is 924. The van der Waals surface area contributed by atoms with E-state index in [0.717, 1.165) is 32.3 Å². The Morgan fingerprint density at radius 2 is 2.00 bits per heavy atom. The summed E-state index contributed by atoms with van der Waals surface area (Å²) in [5.74, 6) is -2.71. The van der Waals surface area contributed by atoms with Crippen LogP contribution in [0.1, 0.15) is 38.2 Å². The van der Waals surface area contributed by atoms with Crippen LogP contribution in [0.2, 0.25) is 5.02 Å². The van der Waals surface area contributed by atoms with Gasteiger partial charge in [0.25, 0.3) is 5.92 Å². The van der Waals surface area contributed by atoms with Crippen molar-refractivity contribution in [3.05, 3.63) is 52.9 Å². The first-order valence-corrected chi connectivity index (χ1v) is 9.68. The number of aromatic nitrogens is 1. The van der Waals surface area contributed by atoms with Gasteiger partial charge in [-0.25, -0.2) is 18.2 Å². The minimum absolute atomic E-state index is 0.00266. The molecule has 5 rings (SSSR count). The smallest absolute Gasteiger partial charge is 0.272 e. The van der Waals surface area contributed by atoms with E-state index in [1.807, 2.05) is 0 Å². The first-order valence-electron chi connectivity index (χ1n) is 9.30. The lowest BCUT2D eigenvalue weighted by molar-refractivity contribution is -0.147. The molecular weight excluding hydrogens is 405 g/mol. The normalized spacial score (nSPS) is 25.0. The Morgan fingerprint density at radius 1 is 1.28 bits per heavy atom. The van der Waals surface area contributed by atoms with Crippen molar-refractivity contribution >= 4 is 23.2 Å². The van der Waals surface area contributed by atoms with Crippen molar-refractivity contribution in [2.75, 3.05) is 11.9 Å². The number of hydrogen-bond donors (Lipinski definition) is 1. The molecule has 2 aromatic rings. The molecule has 1 N–H and O–H groups in total. The second-order valence-electron chi connectivity index (χ2n) is 8.34. The van der Waals surface area contributed by atoms with Gasteiger partial charge in [-0.2, -0.15) is 0 Å². The van der Waals surface area contributed by atoms with Gasteiger partial charge in [0.05, 0.1) is 5.02 Å². The van der Waals surface area contributed by atoms with E-state index in [0.29, 0.717) is 12.2 Å². The zero-order valence-electron chi connectivity index (χ0n) is 15.8. The van der Waals surface area contributed by atoms with Crippen molar-refractivity contribution in [3.63, 3.8) is 0 Å². The molecule has 2 bridgehead atoms. The van der Waals surface area contributed by atoms with Crippen molar-refractivity contribution in [3.8, 4) is 5.75 Å². The summed E-state index contributed by atoms with van der Waals surface area (Å²) in [7, 11) is 0. The molecule has 1 aromatic carbocycles. The van der Waals surface area contributed by atoms with Crippen molar-refractivity contribution in [1.29, 1.82) is 0 Å². The summed E-state index contributed by atoms with van der Waals surface area (Å²) in [6, 6.07) is 6.99. The number of ketones is 1. The standard InChI is InChI=1S/C21H20ClF3N2O2/c1-19(24,25)13-2-5-18(26-8-13)27-21-10-20(11-21,12-21)7-14(28)9-29-15-3-4-16(22)17(23)6-15/h2-6,8H,7,9-12H2,1H3,(H,26,27). The fraction of sp³-hybridized carbons (Fsp3) is 0.429. The summed E-state index contributed by atoms with van der Waals surface area (Å²) >= 11 is 5.62. The topological polar surface area (TPSA) is 51.2 Å². The summed E-state index contributed by atoms with van der Waals surface area (Å²) in [5.41, 5.74) is -0.262. The first kappa shape index (κ1) is 20.0. The number of carbonyl (C=O) groups excluding carboxylic acids is 1. The molecular formula is C21H20ClF3N2O2. The van der Waals surface area contributed by atoms with E-state index in [2.05, 4.69) is 10.3 Å². The Hall–Kier alpha value is -2.28. The third kappa shape index (κ3) is 4.06. The van der Waals surface area contributed by atoms with Gasteiger partial charge in [0, 0.05) is 36.7 Å². The lowest BCUT2D eigenvalue weighted by Gasteiger charge is -2.71. The number of pyridine rings is 1. The Kier molecular flexibility index (Phi) is 4.76. The summed E-state index contributed by atoms with van der Waals surface area (Å²) in [4.78, 5) is 16.3. The van der Waals surface area contributed by atoms with Gasteiger partial charge >= 0.3 is 0 Å². The molecule has 3 aliphatic rings. The number of hydrogen-bond acceptors (Lipinski definition) is 4. The number of rotatable bonds is 8. The highest BCUT2D eigenvalue weighted by Crippen LogP contribution is 2.70. The monoisotopic (exact) mass is 424 g/mol. The molecule has 0 saturated heterocycles. The average Bonchev–Trinajstić information content (AvgIpc) is 2.59. The van der Waals surface area contributed by atoms with Crippen LogP contribution in [0.5, 0.6) is 5.75 Å². The van der Waals surface area contributed by atoms with Crippen molar-refractivity contribution in [2.45, 2.75) is 44.1 Å². The van der Waals surface area contributed by atoms with Crippen LogP contribution in [0.15, 0.2) is 36.5 Å². The van der Waals surface area contributed by atoms with E-state index in [-0.39, 0.29) is 39.7 Å². The van der Waals surface area contributed by atoms with Gasteiger partial charge in [-0.3, -0.25) is 4.79 Å². The molecule has 0 aliphatic heterocycles. The van der Waals surface area contributed by atoms with Crippen molar-refractivity contribution in [2.24, 2.45) is 5.41 Å². The van der Waals surface area contributed by atoms with Crippen molar-refractivity contribution < 1.29 is 22.7 Å². The molecule has 3 saturated carbocycles. The highest BCUT2D eigenvalue weighted by molar-refractivity contribution is 6.30. The largest absolute Gasteiger partial charge is 0.486 e. The number of ether oxygens (including phenoxy) is 1. The maximum atomic E-state index is 13.4. The molecule has 29 heavy (non-hydrogen) atoms. The van der Waals surface area contributed by atoms with Crippen LogP contribution in [0.25, 0.3) is 0 Å². The maximum absolute atomic E-state index is 13.4. The molecule has 1 aromatic heterocycles. The van der Waals surface area contributed by atoms with Crippen LogP contribution >= 0.6 is 11.6 Å².